The van der Waals surface area contributed by atoms with Crippen molar-refractivity contribution in [1.29, 1.82) is 0 Å². The summed E-state index contributed by atoms with van der Waals surface area (Å²) in [6, 6.07) is -0.142. The monoisotopic (exact) mass is 297 g/mol. The molecule has 0 saturated carbocycles. The van der Waals surface area contributed by atoms with E-state index in [9.17, 15) is 14.0 Å². The normalized spacial score (nSPS) is 26.4. The number of hydrogen-bond donors (Lipinski definition) is 2. The maximum Gasteiger partial charge on any atom is 0.231 e. The lowest BCUT2D eigenvalue weighted by atomic mass is 9.97. The number of amides is 2. The van der Waals surface area contributed by atoms with Gasteiger partial charge in [0.05, 0.1) is 6.54 Å². The van der Waals surface area contributed by atoms with Crippen molar-refractivity contribution in [3.63, 3.8) is 0 Å². The van der Waals surface area contributed by atoms with Gasteiger partial charge < -0.3 is 11.1 Å². The average molecular weight is 297 g/mol. The molecule has 1 saturated heterocycles. The third-order valence-corrected chi connectivity index (χ3v) is 4.14. The number of nitrogens with one attached hydrogen (secondary N) is 1. The molecule has 3 N–H and O–H groups in total. The molecule has 2 rings (SSSR count). The van der Waals surface area contributed by atoms with Gasteiger partial charge in [0.25, 0.3) is 0 Å². The number of nitrogens with two attached hydrogens (primary N) is 1. The minimum absolute atomic E-state index is 0.0236. The highest BCUT2D eigenvalue weighted by Crippen LogP contribution is 2.21. The van der Waals surface area contributed by atoms with E-state index >= 15 is 0 Å². The summed E-state index contributed by atoms with van der Waals surface area (Å²) < 4.78 is 13.5. The molecule has 0 spiro atoms. The number of carbonyl (C=O) groups excluding carboxylic acids is 2. The number of primary amides is 1. The lowest BCUT2D eigenvalue weighted by Crippen LogP contribution is -2.43. The van der Waals surface area contributed by atoms with Crippen LogP contribution >= 0.6 is 0 Å². The van der Waals surface area contributed by atoms with E-state index in [0.29, 0.717) is 19.4 Å². The molecule has 1 aliphatic heterocycles. The fraction of sp³-hybridized carbons (Fsp3) is 0.733. The Morgan fingerprint density at radius 3 is 2.90 bits per heavy atom. The molecule has 2 atom stereocenters. The predicted octanol–water partition coefficient (Wildman–Crippen LogP) is 0.891. The molecule has 2 aliphatic rings. The van der Waals surface area contributed by atoms with Crippen molar-refractivity contribution in [3.05, 3.63) is 11.6 Å². The lowest BCUT2D eigenvalue weighted by molar-refractivity contribution is -0.120. The van der Waals surface area contributed by atoms with Gasteiger partial charge in [-0.15, -0.1) is 0 Å². The van der Waals surface area contributed by atoms with Gasteiger partial charge in [0.15, 0.2) is 0 Å². The number of rotatable bonds is 6. The van der Waals surface area contributed by atoms with Gasteiger partial charge in [-0.1, -0.05) is 11.6 Å². The second kappa shape index (κ2) is 7.54. The third kappa shape index (κ3) is 5.12. The number of nitrogens with zero attached hydrogens (tertiary/aromatic N) is 1. The van der Waals surface area contributed by atoms with Crippen LogP contribution < -0.4 is 11.1 Å². The second-order valence-electron chi connectivity index (χ2n) is 5.97. The summed E-state index contributed by atoms with van der Waals surface area (Å²) in [5.74, 6) is -0.489. The Kier molecular flexibility index (Phi) is 5.73. The summed E-state index contributed by atoms with van der Waals surface area (Å²) in [5.41, 5.74) is 6.36. The number of allylic oxidation sites excluding steroid dienone is 1. The van der Waals surface area contributed by atoms with Crippen molar-refractivity contribution in [2.45, 2.75) is 50.7 Å². The van der Waals surface area contributed by atoms with E-state index in [1.54, 1.807) is 4.90 Å². The highest BCUT2D eigenvalue weighted by Gasteiger charge is 2.32. The zero-order valence-corrected chi connectivity index (χ0v) is 12.3. The van der Waals surface area contributed by atoms with Gasteiger partial charge in [-0.3, -0.25) is 14.5 Å². The Morgan fingerprint density at radius 1 is 1.43 bits per heavy atom. The first kappa shape index (κ1) is 15.9. The van der Waals surface area contributed by atoms with Gasteiger partial charge in [-0.05, 0) is 32.1 Å². The van der Waals surface area contributed by atoms with Crippen molar-refractivity contribution >= 4 is 11.8 Å². The first-order valence-corrected chi connectivity index (χ1v) is 7.65. The summed E-state index contributed by atoms with van der Waals surface area (Å²) in [5, 5.41) is 2.86. The van der Waals surface area contributed by atoms with E-state index in [-0.39, 0.29) is 25.0 Å². The first-order valence-electron chi connectivity index (χ1n) is 7.65. The molecule has 0 radical (unpaired) electrons. The van der Waals surface area contributed by atoms with Crippen LogP contribution in [0.1, 0.15) is 38.5 Å². The number of halogens is 1. The second-order valence-corrected chi connectivity index (χ2v) is 5.97. The maximum absolute atomic E-state index is 13.5. The van der Waals surface area contributed by atoms with Gasteiger partial charge in [-0.2, -0.15) is 0 Å². The third-order valence-electron chi connectivity index (χ3n) is 4.14. The van der Waals surface area contributed by atoms with Gasteiger partial charge in [0.1, 0.15) is 6.17 Å². The Morgan fingerprint density at radius 2 is 2.24 bits per heavy atom. The first-order chi connectivity index (χ1) is 10.0. The van der Waals surface area contributed by atoms with Crippen LogP contribution in [0.25, 0.3) is 0 Å². The Labute approximate surface area is 124 Å². The van der Waals surface area contributed by atoms with Gasteiger partial charge in [0, 0.05) is 25.6 Å². The van der Waals surface area contributed by atoms with Crippen molar-refractivity contribution in [2.75, 3.05) is 19.6 Å². The van der Waals surface area contributed by atoms with Gasteiger partial charge in [0.2, 0.25) is 11.8 Å². The van der Waals surface area contributed by atoms with Gasteiger partial charge >= 0.3 is 0 Å². The average Bonchev–Trinajstić information content (AvgIpc) is 2.77. The van der Waals surface area contributed by atoms with Crippen molar-refractivity contribution in [3.8, 4) is 0 Å². The molecule has 5 nitrogen and oxygen atoms in total. The number of carbonyl (C=O) groups is 2. The van der Waals surface area contributed by atoms with Crippen molar-refractivity contribution < 1.29 is 14.0 Å². The Bertz CT molecular complexity index is 425. The van der Waals surface area contributed by atoms with E-state index < -0.39 is 12.1 Å². The van der Waals surface area contributed by atoms with Crippen LogP contribution in [0.3, 0.4) is 0 Å². The number of hydrogen-bond acceptors (Lipinski definition) is 3. The molecule has 0 unspecified atom stereocenters. The van der Waals surface area contributed by atoms with E-state index in [0.717, 1.165) is 19.3 Å². The Balaban J connectivity index is 1.76. The zero-order valence-electron chi connectivity index (χ0n) is 12.3. The topological polar surface area (TPSA) is 75.4 Å². The van der Waals surface area contributed by atoms with Crippen LogP contribution in [0, 0.1) is 0 Å². The van der Waals surface area contributed by atoms with Crippen molar-refractivity contribution in [1.82, 2.24) is 10.2 Å². The summed E-state index contributed by atoms with van der Waals surface area (Å²) >= 11 is 0. The zero-order chi connectivity index (χ0) is 15.2. The van der Waals surface area contributed by atoms with Crippen LogP contribution in [0.5, 0.6) is 0 Å². The molecule has 0 aromatic carbocycles. The molecule has 1 fully saturated rings. The standard InChI is InChI=1S/C15H24FN3O2/c16-12-7-13(19(9-12)10-14(17)20)8-18-15(21)6-11-4-2-1-3-5-11/h4,12-13H,1-3,5-10H2,(H2,17,20)(H,18,21)/t12-,13-/m0/s1. The highest BCUT2D eigenvalue weighted by atomic mass is 19.1. The molecular weight excluding hydrogens is 273 g/mol. The summed E-state index contributed by atoms with van der Waals surface area (Å²) in [4.78, 5) is 24.6. The smallest absolute Gasteiger partial charge is 0.231 e. The Hall–Kier alpha value is -1.43. The number of alkyl halides is 1. The van der Waals surface area contributed by atoms with E-state index in [2.05, 4.69) is 11.4 Å². The molecule has 2 amide bonds. The maximum atomic E-state index is 13.5. The van der Waals surface area contributed by atoms with Crippen LogP contribution in [0.2, 0.25) is 0 Å². The van der Waals surface area contributed by atoms with Crippen molar-refractivity contribution in [2.24, 2.45) is 5.73 Å². The van der Waals surface area contributed by atoms with Crippen LogP contribution in [-0.4, -0.2) is 48.6 Å². The van der Waals surface area contributed by atoms with E-state index in [1.165, 1.54) is 12.0 Å². The highest BCUT2D eigenvalue weighted by molar-refractivity contribution is 5.78. The largest absolute Gasteiger partial charge is 0.369 e. The SMILES string of the molecule is NC(=O)CN1C[C@@H](F)C[C@H]1CNC(=O)CC1=CCCCC1. The molecule has 0 aromatic rings. The summed E-state index contributed by atoms with van der Waals surface area (Å²) in [7, 11) is 0. The minimum atomic E-state index is -0.952. The quantitative estimate of drug-likeness (QED) is 0.715. The van der Waals surface area contributed by atoms with Crippen LogP contribution in [-0.2, 0) is 9.59 Å². The molecule has 21 heavy (non-hydrogen) atoms. The summed E-state index contributed by atoms with van der Waals surface area (Å²) in [6.07, 6.45) is 6.38. The van der Waals surface area contributed by atoms with Crippen LogP contribution in [0.15, 0.2) is 11.6 Å². The lowest BCUT2D eigenvalue weighted by Gasteiger charge is -2.23. The predicted molar refractivity (Wildman–Crippen MR) is 78.2 cm³/mol. The van der Waals surface area contributed by atoms with E-state index in [1.807, 2.05) is 0 Å². The minimum Gasteiger partial charge on any atom is -0.369 e. The van der Waals surface area contributed by atoms with Crippen LogP contribution in [0.4, 0.5) is 4.39 Å². The summed E-state index contributed by atoms with van der Waals surface area (Å²) in [6.45, 7) is 0.639. The fourth-order valence-corrected chi connectivity index (χ4v) is 3.09. The molecule has 0 aromatic heterocycles. The number of likely N-dealkylation sites (tertiary alicyclic amines) is 1. The molecule has 0 bridgehead atoms. The molecule has 1 aliphatic carbocycles. The molecular formula is C15H24FN3O2. The van der Waals surface area contributed by atoms with Gasteiger partial charge in [-0.25, -0.2) is 4.39 Å². The molecule has 6 heteroatoms. The molecule has 118 valence electrons. The molecule has 1 heterocycles. The fourth-order valence-electron chi connectivity index (χ4n) is 3.09. The van der Waals surface area contributed by atoms with E-state index in [4.69, 9.17) is 5.73 Å².